The smallest absolute Gasteiger partial charge is 0.0694 e. The first kappa shape index (κ1) is 11.8. The molecule has 1 unspecified atom stereocenters. The van der Waals surface area contributed by atoms with E-state index < -0.39 is 0 Å². The lowest BCUT2D eigenvalue weighted by Gasteiger charge is -2.15. The van der Waals surface area contributed by atoms with Crippen molar-refractivity contribution in [2.24, 2.45) is 5.84 Å². The van der Waals surface area contributed by atoms with E-state index in [1.165, 1.54) is 0 Å². The van der Waals surface area contributed by atoms with E-state index >= 15 is 0 Å². The monoisotopic (exact) mass is 234 g/mol. The largest absolute Gasteiger partial charge is 0.383 e. The Balaban J connectivity index is 2.91. The van der Waals surface area contributed by atoms with Crippen molar-refractivity contribution in [1.82, 2.24) is 5.43 Å². The summed E-state index contributed by atoms with van der Waals surface area (Å²) < 4.78 is 5.00. The third-order valence-corrected chi connectivity index (χ3v) is 2.26. The number of hydrogen-bond acceptors (Lipinski definition) is 3. The van der Waals surface area contributed by atoms with Crippen molar-refractivity contribution in [2.75, 3.05) is 13.7 Å². The van der Waals surface area contributed by atoms with Crippen LogP contribution in [0.1, 0.15) is 11.6 Å². The molecule has 0 aliphatic carbocycles. The summed E-state index contributed by atoms with van der Waals surface area (Å²) in [6.45, 7) is 0.465. The molecule has 0 spiro atoms. The summed E-state index contributed by atoms with van der Waals surface area (Å²) in [6.07, 6.45) is 0. The molecule has 0 bridgehead atoms. The van der Waals surface area contributed by atoms with Crippen molar-refractivity contribution in [3.05, 3.63) is 33.8 Å². The number of rotatable bonds is 4. The number of nitrogens with two attached hydrogens (primary N) is 1. The van der Waals surface area contributed by atoms with Crippen LogP contribution < -0.4 is 11.3 Å². The van der Waals surface area contributed by atoms with E-state index in [4.69, 9.17) is 33.8 Å². The Morgan fingerprint density at radius 3 is 2.36 bits per heavy atom. The molecule has 3 N–H and O–H groups in total. The predicted octanol–water partition coefficient (Wildman–Crippen LogP) is 2.14. The Bertz CT molecular complexity index is 287. The van der Waals surface area contributed by atoms with Crippen LogP contribution in [0.3, 0.4) is 0 Å². The summed E-state index contributed by atoms with van der Waals surface area (Å²) in [7, 11) is 1.61. The van der Waals surface area contributed by atoms with E-state index in [0.717, 1.165) is 5.56 Å². The van der Waals surface area contributed by atoms with Gasteiger partial charge in [-0.15, -0.1) is 0 Å². The van der Waals surface area contributed by atoms with Gasteiger partial charge in [0.15, 0.2) is 0 Å². The van der Waals surface area contributed by atoms with Crippen LogP contribution in [0.15, 0.2) is 18.2 Å². The summed E-state index contributed by atoms with van der Waals surface area (Å²) in [5.74, 6) is 5.37. The Kier molecular flexibility index (Phi) is 4.65. The molecule has 0 aromatic heterocycles. The van der Waals surface area contributed by atoms with Gasteiger partial charge in [-0.1, -0.05) is 23.2 Å². The first-order valence-electron chi connectivity index (χ1n) is 4.08. The average molecular weight is 235 g/mol. The van der Waals surface area contributed by atoms with E-state index in [0.29, 0.717) is 16.7 Å². The zero-order valence-electron chi connectivity index (χ0n) is 7.76. The van der Waals surface area contributed by atoms with Gasteiger partial charge in [0, 0.05) is 17.2 Å². The van der Waals surface area contributed by atoms with Crippen LogP contribution in [-0.2, 0) is 4.74 Å². The fourth-order valence-electron chi connectivity index (χ4n) is 1.18. The van der Waals surface area contributed by atoms with Gasteiger partial charge < -0.3 is 4.74 Å². The van der Waals surface area contributed by atoms with Gasteiger partial charge in [-0.2, -0.15) is 0 Å². The number of hydrogen-bond donors (Lipinski definition) is 2. The molecule has 0 aliphatic heterocycles. The zero-order valence-corrected chi connectivity index (χ0v) is 9.27. The molecule has 3 nitrogen and oxygen atoms in total. The van der Waals surface area contributed by atoms with E-state index in [2.05, 4.69) is 5.43 Å². The standard InChI is InChI=1S/C9H12Cl2N2O/c1-14-5-9(13-12)6-2-7(10)4-8(11)3-6/h2-4,9,13H,5,12H2,1H3. The predicted molar refractivity (Wildman–Crippen MR) is 58.4 cm³/mol. The second-order valence-corrected chi connectivity index (χ2v) is 3.75. The molecule has 5 heteroatoms. The van der Waals surface area contributed by atoms with E-state index in [1.807, 2.05) is 0 Å². The summed E-state index contributed by atoms with van der Waals surface area (Å²) in [5, 5.41) is 1.17. The van der Waals surface area contributed by atoms with Gasteiger partial charge in [-0.3, -0.25) is 11.3 Å². The van der Waals surface area contributed by atoms with E-state index in [1.54, 1.807) is 25.3 Å². The van der Waals surface area contributed by atoms with E-state index in [-0.39, 0.29) is 6.04 Å². The third-order valence-electron chi connectivity index (χ3n) is 1.82. The first-order valence-corrected chi connectivity index (χ1v) is 4.84. The van der Waals surface area contributed by atoms with Gasteiger partial charge in [0.2, 0.25) is 0 Å². The van der Waals surface area contributed by atoms with Gasteiger partial charge in [0.05, 0.1) is 12.6 Å². The summed E-state index contributed by atoms with van der Waals surface area (Å²) >= 11 is 11.7. The lowest BCUT2D eigenvalue weighted by atomic mass is 10.1. The SMILES string of the molecule is COCC(NN)c1cc(Cl)cc(Cl)c1. The molecule has 0 amide bonds. The van der Waals surface area contributed by atoms with Gasteiger partial charge in [0.25, 0.3) is 0 Å². The summed E-state index contributed by atoms with van der Waals surface area (Å²) in [4.78, 5) is 0. The molecule has 0 saturated carbocycles. The molecule has 1 atom stereocenters. The maximum atomic E-state index is 5.86. The van der Waals surface area contributed by atoms with E-state index in [9.17, 15) is 0 Å². The number of benzene rings is 1. The molecule has 0 saturated heterocycles. The third kappa shape index (κ3) is 3.12. The normalized spacial score (nSPS) is 12.9. The number of nitrogens with one attached hydrogen (secondary N) is 1. The summed E-state index contributed by atoms with van der Waals surface area (Å²) in [6, 6.07) is 5.18. The summed E-state index contributed by atoms with van der Waals surface area (Å²) in [5.41, 5.74) is 3.54. The topological polar surface area (TPSA) is 47.3 Å². The van der Waals surface area contributed by atoms with Crippen LogP contribution >= 0.6 is 23.2 Å². The maximum Gasteiger partial charge on any atom is 0.0694 e. The lowest BCUT2D eigenvalue weighted by Crippen LogP contribution is -2.31. The minimum Gasteiger partial charge on any atom is -0.383 e. The van der Waals surface area contributed by atoms with Crippen LogP contribution in [0.2, 0.25) is 10.0 Å². The highest BCUT2D eigenvalue weighted by atomic mass is 35.5. The molecule has 78 valence electrons. The van der Waals surface area contributed by atoms with Crippen molar-refractivity contribution >= 4 is 23.2 Å². The van der Waals surface area contributed by atoms with Crippen LogP contribution in [0.5, 0.6) is 0 Å². The molecular formula is C9H12Cl2N2O. The lowest BCUT2D eigenvalue weighted by molar-refractivity contribution is 0.167. The van der Waals surface area contributed by atoms with Crippen molar-refractivity contribution < 1.29 is 4.74 Å². The minimum atomic E-state index is -0.101. The number of hydrazine groups is 1. The highest BCUT2D eigenvalue weighted by molar-refractivity contribution is 6.34. The van der Waals surface area contributed by atoms with Crippen LogP contribution in [0.25, 0.3) is 0 Å². The molecular weight excluding hydrogens is 223 g/mol. The van der Waals surface area contributed by atoms with Crippen LogP contribution in [0, 0.1) is 0 Å². The Labute approximate surface area is 93.1 Å². The van der Waals surface area contributed by atoms with Gasteiger partial charge in [0.1, 0.15) is 0 Å². The van der Waals surface area contributed by atoms with Gasteiger partial charge in [-0.05, 0) is 23.8 Å². The van der Waals surface area contributed by atoms with Crippen molar-refractivity contribution in [1.29, 1.82) is 0 Å². The minimum absolute atomic E-state index is 0.101. The fourth-order valence-corrected chi connectivity index (χ4v) is 1.73. The van der Waals surface area contributed by atoms with Crippen LogP contribution in [-0.4, -0.2) is 13.7 Å². The molecule has 0 fully saturated rings. The van der Waals surface area contributed by atoms with Crippen LogP contribution in [0.4, 0.5) is 0 Å². The van der Waals surface area contributed by atoms with Crippen molar-refractivity contribution in [3.8, 4) is 0 Å². The first-order chi connectivity index (χ1) is 6.67. The second-order valence-electron chi connectivity index (χ2n) is 2.88. The molecule has 1 aromatic rings. The Hall–Kier alpha value is -0.320. The zero-order chi connectivity index (χ0) is 10.6. The van der Waals surface area contributed by atoms with Gasteiger partial charge >= 0.3 is 0 Å². The maximum absolute atomic E-state index is 5.86. The molecule has 1 aromatic carbocycles. The Morgan fingerprint density at radius 2 is 1.93 bits per heavy atom. The molecule has 0 heterocycles. The molecule has 0 aliphatic rings. The molecule has 0 radical (unpaired) electrons. The molecule has 1 rings (SSSR count). The van der Waals surface area contributed by atoms with Crippen molar-refractivity contribution in [2.45, 2.75) is 6.04 Å². The quantitative estimate of drug-likeness (QED) is 0.620. The van der Waals surface area contributed by atoms with Gasteiger partial charge in [-0.25, -0.2) is 0 Å². The number of methoxy groups -OCH3 is 1. The Morgan fingerprint density at radius 1 is 1.36 bits per heavy atom. The number of ether oxygens (including phenoxy) is 1. The number of halogens is 2. The highest BCUT2D eigenvalue weighted by Gasteiger charge is 2.10. The van der Waals surface area contributed by atoms with Crippen molar-refractivity contribution in [3.63, 3.8) is 0 Å². The average Bonchev–Trinajstić information content (AvgIpc) is 2.12. The highest BCUT2D eigenvalue weighted by Crippen LogP contribution is 2.23. The second kappa shape index (κ2) is 5.53. The fraction of sp³-hybridized carbons (Fsp3) is 0.333. The molecule has 14 heavy (non-hydrogen) atoms.